The molecule has 1 aromatic carbocycles. The highest BCUT2D eigenvalue weighted by Gasteiger charge is 2.24. The van der Waals surface area contributed by atoms with Crippen molar-refractivity contribution in [3.63, 3.8) is 0 Å². The summed E-state index contributed by atoms with van der Waals surface area (Å²) in [5.74, 6) is 1.47. The van der Waals surface area contributed by atoms with Crippen LogP contribution in [0.3, 0.4) is 0 Å². The van der Waals surface area contributed by atoms with Gasteiger partial charge in [0.05, 0.1) is 20.0 Å². The highest BCUT2D eigenvalue weighted by molar-refractivity contribution is 8.00. The van der Waals surface area contributed by atoms with E-state index in [4.69, 9.17) is 9.47 Å². The summed E-state index contributed by atoms with van der Waals surface area (Å²) >= 11 is 1.14. The summed E-state index contributed by atoms with van der Waals surface area (Å²) in [4.78, 5) is 47.0. The molecule has 0 unspecified atom stereocenters. The summed E-state index contributed by atoms with van der Waals surface area (Å²) in [6.07, 6.45) is 0. The van der Waals surface area contributed by atoms with Gasteiger partial charge in [0.15, 0.2) is 17.1 Å². The largest absolute Gasteiger partial charge is 0.493 e. The normalized spacial score (nSPS) is 11.5. The van der Waals surface area contributed by atoms with Crippen molar-refractivity contribution in [1.29, 1.82) is 0 Å². The Hall–Kier alpha value is -3.34. The lowest BCUT2D eigenvalue weighted by molar-refractivity contribution is -0.118. The lowest BCUT2D eigenvalue weighted by atomic mass is 9.96. The summed E-state index contributed by atoms with van der Waals surface area (Å²) in [6.45, 7) is 6.13. The first kappa shape index (κ1) is 25.3. The zero-order chi connectivity index (χ0) is 25.2. The summed E-state index contributed by atoms with van der Waals surface area (Å²) < 4.78 is 12.9. The Morgan fingerprint density at radius 2 is 1.74 bits per heavy atom. The van der Waals surface area contributed by atoms with Crippen LogP contribution in [0.1, 0.15) is 32.2 Å². The molecule has 10 nitrogen and oxygen atoms in total. The fraction of sp³-hybridized carbons (Fsp3) is 0.435. The van der Waals surface area contributed by atoms with Crippen LogP contribution in [0.15, 0.2) is 32.8 Å². The van der Waals surface area contributed by atoms with Gasteiger partial charge in [-0.05, 0) is 17.7 Å². The van der Waals surface area contributed by atoms with Crippen LogP contribution in [0.2, 0.25) is 0 Å². The van der Waals surface area contributed by atoms with E-state index >= 15 is 0 Å². The van der Waals surface area contributed by atoms with Crippen LogP contribution in [0.5, 0.6) is 11.5 Å². The van der Waals surface area contributed by atoms with E-state index in [2.05, 4.69) is 15.3 Å². The van der Waals surface area contributed by atoms with Crippen LogP contribution in [0.4, 0.5) is 0 Å². The number of hydrogen-bond donors (Lipinski definition) is 1. The molecule has 2 heterocycles. The third kappa shape index (κ3) is 5.09. The molecule has 3 rings (SSSR count). The van der Waals surface area contributed by atoms with Crippen LogP contribution in [0, 0.1) is 0 Å². The number of fused-ring (bicyclic) bond motifs is 1. The van der Waals surface area contributed by atoms with Gasteiger partial charge < -0.3 is 14.8 Å². The molecule has 0 fully saturated rings. The Labute approximate surface area is 201 Å². The second kappa shape index (κ2) is 9.88. The average molecular weight is 488 g/mol. The number of nitrogens with zero attached hydrogens (tertiary/aromatic N) is 4. The Morgan fingerprint density at radius 3 is 2.35 bits per heavy atom. The van der Waals surface area contributed by atoms with Crippen LogP contribution in [0.25, 0.3) is 11.0 Å². The second-order valence-electron chi connectivity index (χ2n) is 8.76. The molecule has 0 radical (unpaired) electrons. The number of rotatable bonds is 7. The molecule has 0 bridgehead atoms. The SMILES string of the molecule is COc1ccc(CNC(=O)CSc2nc(C(C)(C)C)nc3c2c(=O)n(C)c(=O)n3C)cc1OC. The molecule has 34 heavy (non-hydrogen) atoms. The first-order chi connectivity index (χ1) is 16.0. The van der Waals surface area contributed by atoms with Crippen molar-refractivity contribution in [3.8, 4) is 11.5 Å². The maximum absolute atomic E-state index is 12.9. The van der Waals surface area contributed by atoms with Crippen LogP contribution in [-0.2, 0) is 30.8 Å². The molecule has 0 saturated heterocycles. The molecular formula is C23H29N5O5S. The van der Waals surface area contributed by atoms with Gasteiger partial charge in [-0.2, -0.15) is 0 Å². The van der Waals surface area contributed by atoms with Crippen LogP contribution in [-0.4, -0.2) is 45.0 Å². The summed E-state index contributed by atoms with van der Waals surface area (Å²) in [5.41, 5.74) is -0.286. The molecule has 0 aliphatic heterocycles. The minimum absolute atomic E-state index is 0.0367. The highest BCUT2D eigenvalue weighted by atomic mass is 32.2. The van der Waals surface area contributed by atoms with Crippen molar-refractivity contribution in [3.05, 3.63) is 50.4 Å². The van der Waals surface area contributed by atoms with Gasteiger partial charge in [-0.1, -0.05) is 38.6 Å². The van der Waals surface area contributed by atoms with Crippen molar-refractivity contribution in [2.75, 3.05) is 20.0 Å². The zero-order valence-corrected chi connectivity index (χ0v) is 21.2. The molecule has 2 aromatic heterocycles. The van der Waals surface area contributed by atoms with Gasteiger partial charge in [-0.25, -0.2) is 14.8 Å². The van der Waals surface area contributed by atoms with Crippen molar-refractivity contribution in [2.24, 2.45) is 14.1 Å². The topological polar surface area (TPSA) is 117 Å². The fourth-order valence-corrected chi connectivity index (χ4v) is 4.09. The first-order valence-electron chi connectivity index (χ1n) is 10.6. The second-order valence-corrected chi connectivity index (χ2v) is 9.73. The maximum atomic E-state index is 12.9. The Morgan fingerprint density at radius 1 is 1.06 bits per heavy atom. The third-order valence-electron chi connectivity index (χ3n) is 5.22. The lowest BCUT2D eigenvalue weighted by Crippen LogP contribution is -2.38. The van der Waals surface area contributed by atoms with Crippen molar-refractivity contribution < 1.29 is 14.3 Å². The standard InChI is InChI=1S/C23H29N5O5S/c1-23(2,3)21-25-18-17(20(30)28(5)22(31)27(18)4)19(26-21)34-12-16(29)24-11-13-8-9-14(32-6)15(10-13)33-7/h8-10H,11-12H2,1-7H3,(H,24,29). The summed E-state index contributed by atoms with van der Waals surface area (Å²) in [5, 5.41) is 3.45. The van der Waals surface area contributed by atoms with Gasteiger partial charge >= 0.3 is 5.69 Å². The van der Waals surface area contributed by atoms with Crippen LogP contribution >= 0.6 is 11.8 Å². The van der Waals surface area contributed by atoms with Gasteiger partial charge in [-0.15, -0.1) is 0 Å². The summed E-state index contributed by atoms with van der Waals surface area (Å²) in [6, 6.07) is 5.41. The predicted octanol–water partition coefficient (Wildman–Crippen LogP) is 1.75. The number of amides is 1. The number of hydrogen-bond acceptors (Lipinski definition) is 8. The van der Waals surface area contributed by atoms with E-state index in [1.165, 1.54) is 11.6 Å². The molecule has 0 saturated carbocycles. The Kier molecular flexibility index (Phi) is 7.35. The van der Waals surface area contributed by atoms with E-state index < -0.39 is 16.7 Å². The first-order valence-corrected chi connectivity index (χ1v) is 11.5. The molecule has 1 N–H and O–H groups in total. The van der Waals surface area contributed by atoms with E-state index in [-0.39, 0.29) is 22.7 Å². The van der Waals surface area contributed by atoms with Gasteiger partial charge in [0.2, 0.25) is 5.91 Å². The minimum atomic E-state index is -0.494. The quantitative estimate of drug-likeness (QED) is 0.396. The van der Waals surface area contributed by atoms with E-state index in [0.717, 1.165) is 21.9 Å². The average Bonchev–Trinajstić information content (AvgIpc) is 2.82. The number of carbonyl (C=O) groups is 1. The number of nitrogens with one attached hydrogen (secondary N) is 1. The van der Waals surface area contributed by atoms with Crippen molar-refractivity contribution in [2.45, 2.75) is 37.8 Å². The third-order valence-corrected chi connectivity index (χ3v) is 6.19. The number of aromatic nitrogens is 4. The smallest absolute Gasteiger partial charge is 0.332 e. The molecule has 0 atom stereocenters. The van der Waals surface area contributed by atoms with Gasteiger partial charge in [-0.3, -0.25) is 18.7 Å². The number of aryl methyl sites for hydroxylation is 1. The number of carbonyl (C=O) groups excluding carboxylic acids is 1. The van der Waals surface area contributed by atoms with E-state index in [1.54, 1.807) is 33.4 Å². The molecule has 11 heteroatoms. The molecule has 1 amide bonds. The summed E-state index contributed by atoms with van der Waals surface area (Å²) in [7, 11) is 6.08. The fourth-order valence-electron chi connectivity index (χ4n) is 3.24. The van der Waals surface area contributed by atoms with Gasteiger partial charge in [0, 0.05) is 26.1 Å². The highest BCUT2D eigenvalue weighted by Crippen LogP contribution is 2.28. The number of methoxy groups -OCH3 is 2. The number of ether oxygens (including phenoxy) is 2. The van der Waals surface area contributed by atoms with Gasteiger partial charge in [0.1, 0.15) is 16.2 Å². The van der Waals surface area contributed by atoms with E-state index in [9.17, 15) is 14.4 Å². The molecule has 0 aliphatic carbocycles. The molecule has 182 valence electrons. The monoisotopic (exact) mass is 487 g/mol. The number of benzene rings is 1. The minimum Gasteiger partial charge on any atom is -0.493 e. The van der Waals surface area contributed by atoms with E-state index in [0.29, 0.717) is 28.9 Å². The Balaban J connectivity index is 1.86. The Bertz CT molecular complexity index is 1360. The maximum Gasteiger partial charge on any atom is 0.332 e. The molecule has 3 aromatic rings. The molecule has 0 aliphatic rings. The van der Waals surface area contributed by atoms with Crippen LogP contribution < -0.4 is 26.0 Å². The molecule has 0 spiro atoms. The number of thioether (sulfide) groups is 1. The van der Waals surface area contributed by atoms with Crippen molar-refractivity contribution in [1.82, 2.24) is 24.4 Å². The zero-order valence-electron chi connectivity index (χ0n) is 20.4. The van der Waals surface area contributed by atoms with Gasteiger partial charge in [0.25, 0.3) is 5.56 Å². The van der Waals surface area contributed by atoms with Crippen molar-refractivity contribution >= 4 is 28.7 Å². The molecular weight excluding hydrogens is 458 g/mol. The predicted molar refractivity (Wildman–Crippen MR) is 131 cm³/mol. The lowest BCUT2D eigenvalue weighted by Gasteiger charge is -2.19. The van der Waals surface area contributed by atoms with E-state index in [1.807, 2.05) is 26.8 Å².